The second-order valence-corrected chi connectivity index (χ2v) is 3.92. The second kappa shape index (κ2) is 6.04. The van der Waals surface area contributed by atoms with Crippen LogP contribution >= 0.6 is 0 Å². The number of hydrogen-bond acceptors (Lipinski definition) is 3. The van der Waals surface area contributed by atoms with Crippen molar-refractivity contribution in [3.63, 3.8) is 0 Å². The summed E-state index contributed by atoms with van der Waals surface area (Å²) in [5, 5.41) is 20.1. The molecule has 1 heterocycles. The molecule has 3 nitrogen and oxygen atoms in total. The first-order valence-corrected chi connectivity index (χ1v) is 5.70. The third kappa shape index (κ3) is 2.88. The van der Waals surface area contributed by atoms with Crippen LogP contribution in [0, 0.1) is 0 Å². The van der Waals surface area contributed by atoms with Crippen molar-refractivity contribution >= 4 is 57.1 Å². The van der Waals surface area contributed by atoms with Gasteiger partial charge in [0.2, 0.25) is 0 Å². The van der Waals surface area contributed by atoms with E-state index in [0.29, 0.717) is 5.46 Å². The molecule has 19 heavy (non-hydrogen) atoms. The second-order valence-electron chi connectivity index (χ2n) is 3.92. The van der Waals surface area contributed by atoms with Crippen LogP contribution in [0.3, 0.4) is 0 Å². The van der Waals surface area contributed by atoms with E-state index in [2.05, 4.69) is 15.5 Å². The molecule has 2 N–H and O–H groups in total. The van der Waals surface area contributed by atoms with Crippen molar-refractivity contribution in [3.05, 3.63) is 42.5 Å². The molecule has 0 bridgehead atoms. The van der Waals surface area contributed by atoms with Gasteiger partial charge in [-0.15, -0.1) is 0 Å². The largest absolute Gasteiger partial charge is 0.488 e. The Morgan fingerprint density at radius 1 is 0.947 bits per heavy atom. The molecule has 0 aliphatic carbocycles. The quantitative estimate of drug-likeness (QED) is 0.598. The number of rotatable bonds is 1. The van der Waals surface area contributed by atoms with Crippen molar-refractivity contribution in [1.82, 2.24) is 0 Å². The number of furan rings is 1. The van der Waals surface area contributed by atoms with Crippen molar-refractivity contribution in [1.29, 1.82) is 0 Å². The normalized spacial score (nSPS) is 10.0. The van der Waals surface area contributed by atoms with E-state index in [4.69, 9.17) is 14.5 Å². The Morgan fingerprint density at radius 3 is 2.26 bits per heavy atom. The van der Waals surface area contributed by atoms with Gasteiger partial charge in [-0.25, -0.2) is 0 Å². The van der Waals surface area contributed by atoms with Crippen LogP contribution in [0.15, 0.2) is 46.9 Å². The first kappa shape index (κ1) is 13.8. The van der Waals surface area contributed by atoms with E-state index in [9.17, 15) is 0 Å². The molecule has 0 amide bonds. The summed E-state index contributed by atoms with van der Waals surface area (Å²) in [7, 11) is 8.55. The lowest BCUT2D eigenvalue weighted by Crippen LogP contribution is -2.29. The average molecular weight is 244 g/mol. The molecule has 87 valence electrons. The first-order chi connectivity index (χ1) is 9.17. The highest BCUT2D eigenvalue weighted by Gasteiger charge is 2.13. The van der Waals surface area contributed by atoms with Gasteiger partial charge in [-0.05, 0) is 17.6 Å². The zero-order chi connectivity index (χ0) is 13.8. The fourth-order valence-electron chi connectivity index (χ4n) is 1.90. The molecule has 0 aliphatic heterocycles. The van der Waals surface area contributed by atoms with E-state index in [1.165, 1.54) is 0 Å². The van der Waals surface area contributed by atoms with Gasteiger partial charge in [0.1, 0.15) is 11.2 Å². The minimum absolute atomic E-state index is 0.471. The molecule has 7 heteroatoms. The molecule has 1 aromatic heterocycles. The molecular formula is C12H9B4O3. The van der Waals surface area contributed by atoms with Crippen LogP contribution in [-0.4, -0.2) is 39.7 Å². The summed E-state index contributed by atoms with van der Waals surface area (Å²) in [6, 6.07) is 12.8. The highest BCUT2D eigenvalue weighted by molar-refractivity contribution is 7.17. The SMILES string of the molecule is OB(O)c1ccc2oc3ccccc3c2c1.[B][B][B]. The van der Waals surface area contributed by atoms with E-state index in [1.807, 2.05) is 24.3 Å². The summed E-state index contributed by atoms with van der Waals surface area (Å²) in [5.74, 6) is 0. The monoisotopic (exact) mass is 245 g/mol. The molecule has 3 rings (SSSR count). The summed E-state index contributed by atoms with van der Waals surface area (Å²) in [6.45, 7) is 0. The Balaban J connectivity index is 0.000000408. The standard InChI is InChI=1S/C12H9BO3.B3/c14-13(15)8-5-6-12-10(7-8)9-3-1-2-4-11(9)16-12;1-3-2/h1-7,14-15H;. The minimum Gasteiger partial charge on any atom is -0.456 e. The van der Waals surface area contributed by atoms with Crippen molar-refractivity contribution < 1.29 is 14.5 Å². The predicted molar refractivity (Wildman–Crippen MR) is 80.8 cm³/mol. The molecular weight excluding hydrogens is 235 g/mol. The van der Waals surface area contributed by atoms with Gasteiger partial charge < -0.3 is 14.5 Å². The summed E-state index contributed by atoms with van der Waals surface area (Å²) in [5.41, 5.74) is 2.03. The topological polar surface area (TPSA) is 53.6 Å². The van der Waals surface area contributed by atoms with Crippen LogP contribution in [0.5, 0.6) is 0 Å². The Hall–Kier alpha value is -1.58. The van der Waals surface area contributed by atoms with Gasteiger partial charge >= 0.3 is 7.12 Å². The molecule has 0 unspecified atom stereocenters. The van der Waals surface area contributed by atoms with Crippen LogP contribution in [0.4, 0.5) is 0 Å². The summed E-state index contributed by atoms with van der Waals surface area (Å²) in [6.07, 6.45) is 0. The Morgan fingerprint density at radius 2 is 1.58 bits per heavy atom. The maximum absolute atomic E-state index is 9.12. The maximum Gasteiger partial charge on any atom is 0.488 e. The van der Waals surface area contributed by atoms with Gasteiger partial charge in [0.05, 0.1) is 0 Å². The fourth-order valence-corrected chi connectivity index (χ4v) is 1.90. The van der Waals surface area contributed by atoms with Crippen LogP contribution in [0.2, 0.25) is 0 Å². The van der Waals surface area contributed by atoms with Gasteiger partial charge in [-0.3, -0.25) is 0 Å². The Bertz CT molecular complexity index is 681. The Labute approximate surface area is 114 Å². The maximum atomic E-state index is 9.12. The third-order valence-electron chi connectivity index (χ3n) is 2.70. The molecule has 0 spiro atoms. The van der Waals surface area contributed by atoms with Crippen molar-refractivity contribution in [2.75, 3.05) is 0 Å². The Kier molecular flexibility index (Phi) is 4.40. The molecule has 0 atom stereocenters. The minimum atomic E-state index is -1.45. The number of fused-ring (bicyclic) bond motifs is 3. The van der Waals surface area contributed by atoms with E-state index in [1.54, 1.807) is 18.2 Å². The van der Waals surface area contributed by atoms with Crippen LogP contribution in [-0.2, 0) is 0 Å². The van der Waals surface area contributed by atoms with Gasteiger partial charge in [-0.2, -0.15) is 0 Å². The molecule has 0 fully saturated rings. The van der Waals surface area contributed by atoms with E-state index in [0.717, 1.165) is 29.0 Å². The van der Waals surface area contributed by atoms with Gasteiger partial charge in [-0.1, -0.05) is 30.3 Å². The number of benzene rings is 2. The predicted octanol–water partition coefficient (Wildman–Crippen LogP) is 0.123. The molecule has 0 saturated heterocycles. The average Bonchev–Trinajstić information content (AvgIpc) is 2.77. The van der Waals surface area contributed by atoms with Crippen LogP contribution < -0.4 is 5.46 Å². The molecule has 0 aliphatic rings. The van der Waals surface area contributed by atoms with Crippen LogP contribution in [0.1, 0.15) is 0 Å². The van der Waals surface area contributed by atoms with Gasteiger partial charge in [0.15, 0.2) is 0 Å². The number of para-hydroxylation sites is 1. The van der Waals surface area contributed by atoms with E-state index >= 15 is 0 Å². The van der Waals surface area contributed by atoms with Gasteiger partial charge in [0.25, 0.3) is 0 Å². The smallest absolute Gasteiger partial charge is 0.456 e. The molecule has 2 aromatic carbocycles. The van der Waals surface area contributed by atoms with Crippen molar-refractivity contribution in [2.45, 2.75) is 0 Å². The zero-order valence-electron chi connectivity index (χ0n) is 10.2. The first-order valence-electron chi connectivity index (χ1n) is 5.70. The number of hydrogen-bond donors (Lipinski definition) is 2. The molecule has 5 radical (unpaired) electrons. The summed E-state index contributed by atoms with van der Waals surface area (Å²) >= 11 is 0. The van der Waals surface area contributed by atoms with Crippen molar-refractivity contribution in [2.24, 2.45) is 0 Å². The molecule has 3 aromatic rings. The van der Waals surface area contributed by atoms with Crippen LogP contribution in [0.25, 0.3) is 21.9 Å². The lowest BCUT2D eigenvalue weighted by molar-refractivity contribution is 0.426. The summed E-state index contributed by atoms with van der Waals surface area (Å²) in [4.78, 5) is 0. The highest BCUT2D eigenvalue weighted by Crippen LogP contribution is 2.27. The summed E-state index contributed by atoms with van der Waals surface area (Å²) < 4.78 is 5.62. The lowest BCUT2D eigenvalue weighted by atomic mass is 9.40. The zero-order valence-corrected chi connectivity index (χ0v) is 10.2. The van der Waals surface area contributed by atoms with E-state index < -0.39 is 7.12 Å². The van der Waals surface area contributed by atoms with E-state index in [-0.39, 0.29) is 0 Å². The lowest BCUT2D eigenvalue weighted by Gasteiger charge is -1.97. The van der Waals surface area contributed by atoms with Gasteiger partial charge in [0, 0.05) is 33.3 Å². The fraction of sp³-hybridized carbons (Fsp3) is 0. The molecule has 0 saturated carbocycles. The third-order valence-corrected chi connectivity index (χ3v) is 2.70. The van der Waals surface area contributed by atoms with Crippen molar-refractivity contribution in [3.8, 4) is 0 Å². The highest BCUT2D eigenvalue weighted by atomic mass is 16.4.